The van der Waals surface area contributed by atoms with Crippen molar-refractivity contribution in [3.63, 3.8) is 0 Å². The van der Waals surface area contributed by atoms with Crippen molar-refractivity contribution >= 4 is 11.8 Å². The first-order chi connectivity index (χ1) is 8.68. The van der Waals surface area contributed by atoms with E-state index in [1.165, 1.54) is 18.6 Å². The summed E-state index contributed by atoms with van der Waals surface area (Å²) in [6.45, 7) is 0.157. The Morgan fingerprint density at radius 1 is 1.39 bits per heavy atom. The van der Waals surface area contributed by atoms with E-state index in [1.54, 1.807) is 18.2 Å². The van der Waals surface area contributed by atoms with E-state index < -0.39 is 5.97 Å². The molecule has 1 aromatic heterocycles. The van der Waals surface area contributed by atoms with Crippen molar-refractivity contribution in [2.45, 2.75) is 6.54 Å². The topological polar surface area (TPSA) is 75.1 Å². The Labute approximate surface area is 102 Å². The van der Waals surface area contributed by atoms with Crippen molar-refractivity contribution < 1.29 is 14.3 Å². The quantitative estimate of drug-likeness (QED) is 0.863. The summed E-state index contributed by atoms with van der Waals surface area (Å²) in [6, 6.07) is 6.25. The highest BCUT2D eigenvalue weighted by atomic mass is 19.1. The predicted molar refractivity (Wildman–Crippen MR) is 62.7 cm³/mol. The number of carbonyl (C=O) groups is 1. The number of hydrogen-bond donors (Lipinski definition) is 2. The van der Waals surface area contributed by atoms with Crippen LogP contribution >= 0.6 is 0 Å². The van der Waals surface area contributed by atoms with Gasteiger partial charge in [-0.05, 0) is 6.07 Å². The van der Waals surface area contributed by atoms with Crippen LogP contribution in [0.5, 0.6) is 0 Å². The Bertz CT molecular complexity index is 575. The molecule has 18 heavy (non-hydrogen) atoms. The lowest BCUT2D eigenvalue weighted by Gasteiger charge is -2.08. The van der Waals surface area contributed by atoms with E-state index in [1.807, 2.05) is 0 Å². The van der Waals surface area contributed by atoms with Crippen LogP contribution in [0, 0.1) is 5.82 Å². The molecule has 0 aliphatic carbocycles. The van der Waals surface area contributed by atoms with Gasteiger partial charge in [0.25, 0.3) is 0 Å². The van der Waals surface area contributed by atoms with Crippen LogP contribution in [0.4, 0.5) is 10.2 Å². The summed E-state index contributed by atoms with van der Waals surface area (Å²) in [7, 11) is 0. The zero-order valence-electron chi connectivity index (χ0n) is 9.30. The van der Waals surface area contributed by atoms with Gasteiger partial charge in [-0.15, -0.1) is 0 Å². The summed E-state index contributed by atoms with van der Waals surface area (Å²) in [5.74, 6) is -1.32. The van der Waals surface area contributed by atoms with Gasteiger partial charge in [0.2, 0.25) is 0 Å². The molecule has 0 saturated carbocycles. The van der Waals surface area contributed by atoms with Gasteiger partial charge in [0.05, 0.1) is 0 Å². The zero-order chi connectivity index (χ0) is 13.0. The van der Waals surface area contributed by atoms with Gasteiger partial charge in [-0.2, -0.15) is 0 Å². The van der Waals surface area contributed by atoms with Crippen LogP contribution in [-0.2, 0) is 6.54 Å². The fraction of sp³-hybridized carbons (Fsp3) is 0.0833. The van der Waals surface area contributed by atoms with Crippen LogP contribution in [0.15, 0.2) is 36.8 Å². The molecule has 2 rings (SSSR count). The number of anilines is 1. The summed E-state index contributed by atoms with van der Waals surface area (Å²) in [5, 5.41) is 11.7. The third-order valence-corrected chi connectivity index (χ3v) is 2.35. The molecule has 0 bridgehead atoms. The number of carboxylic acids is 1. The van der Waals surface area contributed by atoms with Crippen molar-refractivity contribution in [3.8, 4) is 0 Å². The molecule has 2 N–H and O–H groups in total. The van der Waals surface area contributed by atoms with Gasteiger partial charge in [-0.25, -0.2) is 19.2 Å². The summed E-state index contributed by atoms with van der Waals surface area (Å²) < 4.78 is 13.4. The van der Waals surface area contributed by atoms with E-state index in [-0.39, 0.29) is 23.7 Å². The molecule has 0 saturated heterocycles. The highest BCUT2D eigenvalue weighted by Gasteiger charge is 2.11. The molecular formula is C12H10FN3O2. The van der Waals surface area contributed by atoms with Gasteiger partial charge >= 0.3 is 5.97 Å². The van der Waals surface area contributed by atoms with Crippen LogP contribution in [0.3, 0.4) is 0 Å². The van der Waals surface area contributed by atoms with E-state index in [2.05, 4.69) is 15.3 Å². The van der Waals surface area contributed by atoms with E-state index in [9.17, 15) is 9.18 Å². The first-order valence-corrected chi connectivity index (χ1v) is 5.19. The van der Waals surface area contributed by atoms with Crippen molar-refractivity contribution in [2.24, 2.45) is 0 Å². The molecule has 1 aromatic carbocycles. The minimum Gasteiger partial charge on any atom is -0.477 e. The minimum atomic E-state index is -1.13. The maximum Gasteiger partial charge on any atom is 0.341 e. The largest absolute Gasteiger partial charge is 0.477 e. The third kappa shape index (κ3) is 2.60. The second-order valence-corrected chi connectivity index (χ2v) is 3.54. The molecule has 6 heteroatoms. The van der Waals surface area contributed by atoms with Crippen LogP contribution in [0.2, 0.25) is 0 Å². The van der Waals surface area contributed by atoms with Gasteiger partial charge in [0.1, 0.15) is 23.5 Å². The maximum absolute atomic E-state index is 13.4. The Morgan fingerprint density at radius 2 is 2.17 bits per heavy atom. The molecule has 0 unspecified atom stereocenters. The summed E-state index contributed by atoms with van der Waals surface area (Å²) >= 11 is 0. The average molecular weight is 247 g/mol. The van der Waals surface area contributed by atoms with E-state index in [0.717, 1.165) is 0 Å². The van der Waals surface area contributed by atoms with E-state index >= 15 is 0 Å². The number of nitrogens with zero attached hydrogens (tertiary/aromatic N) is 2. The van der Waals surface area contributed by atoms with E-state index in [0.29, 0.717) is 5.56 Å². The van der Waals surface area contributed by atoms with Crippen molar-refractivity contribution in [1.82, 2.24) is 9.97 Å². The molecule has 5 nitrogen and oxygen atoms in total. The van der Waals surface area contributed by atoms with Crippen molar-refractivity contribution in [1.29, 1.82) is 0 Å². The highest BCUT2D eigenvalue weighted by Crippen LogP contribution is 2.13. The fourth-order valence-corrected chi connectivity index (χ4v) is 1.45. The lowest BCUT2D eigenvalue weighted by Crippen LogP contribution is -2.09. The number of carboxylic acid groups (broad SMARTS) is 1. The number of benzene rings is 1. The number of rotatable bonds is 4. The SMILES string of the molecule is O=C(O)c1cncnc1NCc1ccccc1F. The van der Waals surface area contributed by atoms with E-state index in [4.69, 9.17) is 5.11 Å². The molecule has 2 aromatic rings. The predicted octanol–water partition coefficient (Wildman–Crippen LogP) is 1.93. The summed E-state index contributed by atoms with van der Waals surface area (Å²) in [6.07, 6.45) is 2.43. The van der Waals surface area contributed by atoms with Gasteiger partial charge in [0, 0.05) is 18.3 Å². The van der Waals surface area contributed by atoms with Crippen LogP contribution < -0.4 is 5.32 Å². The second kappa shape index (κ2) is 5.22. The van der Waals surface area contributed by atoms with Gasteiger partial charge in [-0.1, -0.05) is 18.2 Å². The number of aromatic carboxylic acids is 1. The number of halogens is 1. The molecule has 1 heterocycles. The molecule has 0 aliphatic heterocycles. The fourth-order valence-electron chi connectivity index (χ4n) is 1.45. The first kappa shape index (κ1) is 12.0. The smallest absolute Gasteiger partial charge is 0.341 e. The van der Waals surface area contributed by atoms with Gasteiger partial charge < -0.3 is 10.4 Å². The molecular weight excluding hydrogens is 237 g/mol. The standard InChI is InChI=1S/C12H10FN3O2/c13-10-4-2-1-3-8(10)5-15-11-9(12(17)18)6-14-7-16-11/h1-4,6-7H,5H2,(H,17,18)(H,14,15,16). The number of nitrogens with one attached hydrogen (secondary N) is 1. The number of hydrogen-bond acceptors (Lipinski definition) is 4. The average Bonchev–Trinajstić information content (AvgIpc) is 2.38. The van der Waals surface area contributed by atoms with Crippen LogP contribution in [0.25, 0.3) is 0 Å². The number of aromatic nitrogens is 2. The van der Waals surface area contributed by atoms with Gasteiger partial charge in [0.15, 0.2) is 0 Å². The first-order valence-electron chi connectivity index (χ1n) is 5.19. The molecule has 0 atom stereocenters. The molecule has 0 amide bonds. The second-order valence-electron chi connectivity index (χ2n) is 3.54. The van der Waals surface area contributed by atoms with Gasteiger partial charge in [-0.3, -0.25) is 0 Å². The Kier molecular flexibility index (Phi) is 3.47. The summed E-state index contributed by atoms with van der Waals surface area (Å²) in [4.78, 5) is 18.4. The summed E-state index contributed by atoms with van der Waals surface area (Å²) in [5.41, 5.74) is 0.390. The molecule has 0 fully saturated rings. The van der Waals surface area contributed by atoms with Crippen molar-refractivity contribution in [2.75, 3.05) is 5.32 Å². The molecule has 0 radical (unpaired) electrons. The Balaban J connectivity index is 2.16. The highest BCUT2D eigenvalue weighted by molar-refractivity contribution is 5.92. The zero-order valence-corrected chi connectivity index (χ0v) is 9.30. The lowest BCUT2D eigenvalue weighted by atomic mass is 10.2. The Hall–Kier alpha value is -2.50. The molecule has 0 spiro atoms. The van der Waals surface area contributed by atoms with Crippen molar-refractivity contribution in [3.05, 3.63) is 53.7 Å². The monoisotopic (exact) mass is 247 g/mol. The minimum absolute atomic E-state index is 0.0474. The normalized spacial score (nSPS) is 10.1. The van der Waals surface area contributed by atoms with Crippen LogP contribution in [-0.4, -0.2) is 21.0 Å². The molecule has 92 valence electrons. The lowest BCUT2D eigenvalue weighted by molar-refractivity contribution is 0.0697. The third-order valence-electron chi connectivity index (χ3n) is 2.35. The maximum atomic E-state index is 13.4. The molecule has 0 aliphatic rings. The Morgan fingerprint density at radius 3 is 2.89 bits per heavy atom. The van der Waals surface area contributed by atoms with Crippen LogP contribution in [0.1, 0.15) is 15.9 Å².